The summed E-state index contributed by atoms with van der Waals surface area (Å²) < 4.78 is 12.0. The van der Waals surface area contributed by atoms with Crippen molar-refractivity contribution < 1.29 is 14.4 Å². The molecular formula is C18H22N2O4. The maximum atomic E-state index is 11.5. The van der Waals surface area contributed by atoms with Crippen LogP contribution in [0.2, 0.25) is 0 Å². The molecule has 1 saturated heterocycles. The normalized spacial score (nSPS) is 27.2. The van der Waals surface area contributed by atoms with Crippen LogP contribution < -0.4 is 4.74 Å². The van der Waals surface area contributed by atoms with Crippen LogP contribution in [0.5, 0.6) is 5.75 Å². The number of fused-ring (bicyclic) bond motifs is 2. The highest BCUT2D eigenvalue weighted by molar-refractivity contribution is 5.70. The van der Waals surface area contributed by atoms with Gasteiger partial charge >= 0.3 is 5.69 Å². The Hall–Kier alpha value is -1.92. The fourth-order valence-corrected chi connectivity index (χ4v) is 4.13. The highest BCUT2D eigenvalue weighted by atomic mass is 16.6. The van der Waals surface area contributed by atoms with Crippen LogP contribution >= 0.6 is 0 Å². The molecule has 0 aromatic heterocycles. The Morgan fingerprint density at radius 2 is 2.00 bits per heavy atom. The summed E-state index contributed by atoms with van der Waals surface area (Å²) in [4.78, 5) is 13.4. The van der Waals surface area contributed by atoms with Crippen LogP contribution in [0.15, 0.2) is 23.8 Å². The van der Waals surface area contributed by atoms with Crippen LogP contribution in [0.1, 0.15) is 37.7 Å². The van der Waals surface area contributed by atoms with Crippen LogP contribution in [0.4, 0.5) is 5.69 Å². The second kappa shape index (κ2) is 6.18. The zero-order valence-electron chi connectivity index (χ0n) is 13.7. The topological polar surface area (TPSA) is 64.8 Å². The average Bonchev–Trinajstić information content (AvgIpc) is 2.82. The molecule has 1 atom stereocenters. The van der Waals surface area contributed by atoms with Crippen LogP contribution in [0.3, 0.4) is 0 Å². The van der Waals surface area contributed by atoms with Gasteiger partial charge in [-0.2, -0.15) is 0 Å². The summed E-state index contributed by atoms with van der Waals surface area (Å²) in [5.41, 5.74) is 1.60. The van der Waals surface area contributed by atoms with Gasteiger partial charge in [-0.3, -0.25) is 15.0 Å². The number of benzene rings is 1. The first kappa shape index (κ1) is 15.6. The first-order valence-corrected chi connectivity index (χ1v) is 8.71. The molecule has 0 spiro atoms. The summed E-state index contributed by atoms with van der Waals surface area (Å²) >= 11 is 0. The number of ether oxygens (including phenoxy) is 2. The Kier molecular flexibility index (Phi) is 4.02. The van der Waals surface area contributed by atoms with E-state index in [-0.39, 0.29) is 10.6 Å². The van der Waals surface area contributed by atoms with Gasteiger partial charge in [-0.15, -0.1) is 0 Å². The van der Waals surface area contributed by atoms with Gasteiger partial charge in [-0.1, -0.05) is 18.6 Å². The lowest BCUT2D eigenvalue weighted by Crippen LogP contribution is -2.58. The molecule has 0 N–H and O–H groups in total. The molecule has 0 bridgehead atoms. The molecular weight excluding hydrogens is 308 g/mol. The lowest BCUT2D eigenvalue weighted by Gasteiger charge is -2.48. The minimum atomic E-state index is -0.542. The van der Waals surface area contributed by atoms with E-state index in [0.29, 0.717) is 19.0 Å². The van der Waals surface area contributed by atoms with E-state index < -0.39 is 5.72 Å². The first-order chi connectivity index (χ1) is 11.7. The summed E-state index contributed by atoms with van der Waals surface area (Å²) in [5, 5.41) is 11.5. The summed E-state index contributed by atoms with van der Waals surface area (Å²) in [6, 6.07) is 5.17. The molecule has 2 fully saturated rings. The van der Waals surface area contributed by atoms with Gasteiger partial charge in [0.2, 0.25) is 5.75 Å². The van der Waals surface area contributed by atoms with Gasteiger partial charge in [0.25, 0.3) is 0 Å². The van der Waals surface area contributed by atoms with Crippen LogP contribution in [0.25, 0.3) is 6.08 Å². The van der Waals surface area contributed by atoms with Crippen LogP contribution in [-0.2, 0) is 4.74 Å². The molecule has 3 aliphatic rings. The average molecular weight is 330 g/mol. The Morgan fingerprint density at radius 3 is 2.79 bits per heavy atom. The third-order valence-corrected chi connectivity index (χ3v) is 5.31. The summed E-state index contributed by atoms with van der Waals surface area (Å²) in [6.07, 6.45) is 7.39. The summed E-state index contributed by atoms with van der Waals surface area (Å²) in [5.74, 6) is 0.416. The Balaban J connectivity index is 1.83. The zero-order chi connectivity index (χ0) is 16.6. The minimum absolute atomic E-state index is 0.0553. The zero-order valence-corrected chi connectivity index (χ0v) is 13.7. The summed E-state index contributed by atoms with van der Waals surface area (Å²) in [6.45, 7) is 2.96. The molecule has 1 aromatic rings. The third kappa shape index (κ3) is 2.50. The Morgan fingerprint density at radius 1 is 1.17 bits per heavy atom. The van der Waals surface area contributed by atoms with Crippen molar-refractivity contribution in [2.75, 3.05) is 26.3 Å². The van der Waals surface area contributed by atoms with Crippen LogP contribution in [0, 0.1) is 10.1 Å². The van der Waals surface area contributed by atoms with Crippen molar-refractivity contribution in [3.8, 4) is 5.75 Å². The van der Waals surface area contributed by atoms with Gasteiger partial charge in [0.15, 0.2) is 5.72 Å². The monoisotopic (exact) mass is 330 g/mol. The molecule has 1 aliphatic carbocycles. The third-order valence-electron chi connectivity index (χ3n) is 5.31. The molecule has 1 saturated carbocycles. The SMILES string of the molecule is O=[N+]([O-])c1cccc2c1OC1(N3CCOCC3)CCCCCC1=C2. The molecule has 0 radical (unpaired) electrons. The quantitative estimate of drug-likeness (QED) is 0.614. The fraction of sp³-hybridized carbons (Fsp3) is 0.556. The molecule has 24 heavy (non-hydrogen) atoms. The largest absolute Gasteiger partial charge is 0.461 e. The fourth-order valence-electron chi connectivity index (χ4n) is 4.13. The number of nitrogens with zero attached hydrogens (tertiary/aromatic N) is 2. The van der Waals surface area contributed by atoms with Crippen LogP contribution in [-0.4, -0.2) is 41.9 Å². The number of hydrogen-bond donors (Lipinski definition) is 0. The second-order valence-electron chi connectivity index (χ2n) is 6.67. The second-order valence-corrected chi connectivity index (χ2v) is 6.67. The molecule has 6 heteroatoms. The number of morpholine rings is 1. The maximum absolute atomic E-state index is 11.5. The lowest BCUT2D eigenvalue weighted by atomic mass is 9.90. The van der Waals surface area contributed by atoms with Gasteiger partial charge in [-0.05, 0) is 30.9 Å². The van der Waals surface area contributed by atoms with E-state index in [1.165, 1.54) is 18.1 Å². The molecule has 2 heterocycles. The highest BCUT2D eigenvalue weighted by Gasteiger charge is 2.47. The standard InChI is InChI=1S/C18H22N2O4/c21-20(22)16-7-4-5-14-13-15-6-2-1-3-8-18(15,24-17(14)16)19-9-11-23-12-10-19/h4-5,7,13H,1-3,6,8-12H2. The van der Waals surface area contributed by atoms with E-state index in [0.717, 1.165) is 44.3 Å². The molecule has 2 aliphatic heterocycles. The molecule has 6 nitrogen and oxygen atoms in total. The van der Waals surface area contributed by atoms with Gasteiger partial charge in [0.05, 0.1) is 18.1 Å². The van der Waals surface area contributed by atoms with Crippen molar-refractivity contribution in [3.05, 3.63) is 39.4 Å². The van der Waals surface area contributed by atoms with E-state index in [1.54, 1.807) is 6.07 Å². The number of nitro benzene ring substituents is 1. The van der Waals surface area contributed by atoms with Crippen molar-refractivity contribution in [2.45, 2.75) is 37.8 Å². The van der Waals surface area contributed by atoms with Gasteiger partial charge in [0, 0.05) is 31.1 Å². The summed E-state index contributed by atoms with van der Waals surface area (Å²) in [7, 11) is 0. The van der Waals surface area contributed by atoms with E-state index >= 15 is 0 Å². The van der Waals surface area contributed by atoms with Crippen molar-refractivity contribution in [3.63, 3.8) is 0 Å². The predicted octanol–water partition coefficient (Wildman–Crippen LogP) is 3.36. The Labute approximate surface area is 141 Å². The lowest BCUT2D eigenvalue weighted by molar-refractivity contribution is -0.386. The highest BCUT2D eigenvalue weighted by Crippen LogP contribution is 2.47. The van der Waals surface area contributed by atoms with Gasteiger partial charge in [-0.25, -0.2) is 0 Å². The molecule has 4 rings (SSSR count). The van der Waals surface area contributed by atoms with Crippen molar-refractivity contribution in [1.29, 1.82) is 0 Å². The van der Waals surface area contributed by atoms with Gasteiger partial charge in [0.1, 0.15) is 0 Å². The maximum Gasteiger partial charge on any atom is 0.311 e. The van der Waals surface area contributed by atoms with Crippen molar-refractivity contribution in [1.82, 2.24) is 4.90 Å². The van der Waals surface area contributed by atoms with Gasteiger partial charge < -0.3 is 9.47 Å². The van der Waals surface area contributed by atoms with Crippen molar-refractivity contribution >= 4 is 11.8 Å². The van der Waals surface area contributed by atoms with E-state index in [4.69, 9.17) is 9.47 Å². The molecule has 1 aromatic carbocycles. The van der Waals surface area contributed by atoms with E-state index in [9.17, 15) is 10.1 Å². The first-order valence-electron chi connectivity index (χ1n) is 8.71. The molecule has 1 unspecified atom stereocenters. The Bertz CT molecular complexity index is 682. The number of para-hydroxylation sites is 1. The van der Waals surface area contributed by atoms with Crippen molar-refractivity contribution in [2.24, 2.45) is 0 Å². The minimum Gasteiger partial charge on any atom is -0.461 e. The number of hydrogen-bond acceptors (Lipinski definition) is 5. The van der Waals surface area contributed by atoms with E-state index in [1.807, 2.05) is 6.07 Å². The molecule has 128 valence electrons. The number of nitro groups is 1. The number of rotatable bonds is 2. The molecule has 0 amide bonds. The van der Waals surface area contributed by atoms with E-state index in [2.05, 4.69) is 11.0 Å². The predicted molar refractivity (Wildman–Crippen MR) is 89.9 cm³/mol. The smallest absolute Gasteiger partial charge is 0.311 e.